The van der Waals surface area contributed by atoms with E-state index < -0.39 is 0 Å². The molecule has 1 aromatic rings. The molecule has 0 heterocycles. The van der Waals surface area contributed by atoms with Crippen LogP contribution in [0, 0.1) is 23.1 Å². The third-order valence-corrected chi connectivity index (χ3v) is 4.37. The summed E-state index contributed by atoms with van der Waals surface area (Å²) in [4.78, 5) is 14.3. The molecule has 114 valence electrons. The zero-order valence-corrected chi connectivity index (χ0v) is 13.5. The highest BCUT2D eigenvalue weighted by atomic mass is 19.1. The molecule has 1 aromatic carbocycles. The van der Waals surface area contributed by atoms with Crippen LogP contribution in [0.2, 0.25) is 0 Å². The highest BCUT2D eigenvalue weighted by molar-refractivity contribution is 5.83. The molecule has 0 spiro atoms. The summed E-state index contributed by atoms with van der Waals surface area (Å²) in [5.74, 6) is 0.227. The normalized spacial score (nSPS) is 22.6. The van der Waals surface area contributed by atoms with Gasteiger partial charge in [-0.15, -0.1) is 0 Å². The topological polar surface area (TPSA) is 20.3 Å². The summed E-state index contributed by atoms with van der Waals surface area (Å²) in [6.07, 6.45) is 2.19. The Morgan fingerprint density at radius 1 is 1.38 bits per heavy atom. The van der Waals surface area contributed by atoms with Crippen LogP contribution in [-0.4, -0.2) is 17.9 Å². The molecular weight excluding hydrogens is 265 g/mol. The molecule has 21 heavy (non-hydrogen) atoms. The molecule has 1 fully saturated rings. The van der Waals surface area contributed by atoms with Gasteiger partial charge in [0.15, 0.2) is 0 Å². The van der Waals surface area contributed by atoms with Crippen LogP contribution in [0.4, 0.5) is 4.39 Å². The zero-order chi connectivity index (χ0) is 15.8. The van der Waals surface area contributed by atoms with Crippen LogP contribution < -0.4 is 0 Å². The number of halogens is 1. The maximum absolute atomic E-state index is 13.2. The smallest absolute Gasteiger partial charge is 0.226 e. The summed E-state index contributed by atoms with van der Waals surface area (Å²) in [6, 6.07) is 6.42. The first kappa shape index (κ1) is 15.7. The van der Waals surface area contributed by atoms with Gasteiger partial charge in [-0.1, -0.05) is 37.6 Å². The number of rotatable bonds is 4. The van der Waals surface area contributed by atoms with E-state index in [1.54, 1.807) is 18.0 Å². The molecule has 0 aromatic heterocycles. The second-order valence-corrected chi connectivity index (χ2v) is 6.89. The van der Waals surface area contributed by atoms with Crippen molar-refractivity contribution >= 4 is 5.91 Å². The van der Waals surface area contributed by atoms with E-state index in [0.717, 1.165) is 5.56 Å². The van der Waals surface area contributed by atoms with Crippen molar-refractivity contribution in [3.8, 4) is 0 Å². The van der Waals surface area contributed by atoms with Gasteiger partial charge in [-0.3, -0.25) is 4.79 Å². The Morgan fingerprint density at radius 2 is 2.05 bits per heavy atom. The van der Waals surface area contributed by atoms with Crippen molar-refractivity contribution in [1.29, 1.82) is 0 Å². The summed E-state index contributed by atoms with van der Waals surface area (Å²) in [7, 11) is 1.79. The maximum atomic E-state index is 13.2. The molecule has 3 heteroatoms. The molecule has 0 N–H and O–H groups in total. The van der Waals surface area contributed by atoms with Crippen LogP contribution in [-0.2, 0) is 11.3 Å². The summed E-state index contributed by atoms with van der Waals surface area (Å²) in [5, 5.41) is 0. The summed E-state index contributed by atoms with van der Waals surface area (Å²) < 4.78 is 13.2. The maximum Gasteiger partial charge on any atom is 0.226 e. The predicted octanol–water partition coefficient (Wildman–Crippen LogP) is 4.02. The Morgan fingerprint density at radius 3 is 2.62 bits per heavy atom. The molecule has 0 saturated heterocycles. The third-order valence-electron chi connectivity index (χ3n) is 4.37. The van der Waals surface area contributed by atoms with Gasteiger partial charge in [0.25, 0.3) is 0 Å². The Kier molecular flexibility index (Phi) is 4.22. The van der Waals surface area contributed by atoms with Gasteiger partial charge >= 0.3 is 0 Å². The van der Waals surface area contributed by atoms with E-state index in [1.165, 1.54) is 17.7 Å². The number of amides is 1. The van der Waals surface area contributed by atoms with E-state index >= 15 is 0 Å². The third kappa shape index (κ3) is 3.34. The van der Waals surface area contributed by atoms with E-state index in [9.17, 15) is 9.18 Å². The molecule has 2 unspecified atom stereocenters. The molecule has 2 atom stereocenters. The predicted molar refractivity (Wildman–Crippen MR) is 83.1 cm³/mol. The second-order valence-electron chi connectivity index (χ2n) is 6.89. The highest BCUT2D eigenvalue weighted by Crippen LogP contribution is 2.60. The minimum Gasteiger partial charge on any atom is -0.341 e. The molecule has 0 aliphatic heterocycles. The first-order chi connectivity index (χ1) is 9.73. The molecule has 1 saturated carbocycles. The van der Waals surface area contributed by atoms with Gasteiger partial charge in [0, 0.05) is 13.6 Å². The summed E-state index contributed by atoms with van der Waals surface area (Å²) in [6.45, 7) is 8.84. The minimum atomic E-state index is -0.262. The SMILES string of the molecule is CC(C)=CC1C(C(=O)N(C)Cc2cccc(F)c2)C1(C)C. The van der Waals surface area contributed by atoms with E-state index in [2.05, 4.69) is 33.8 Å². The average molecular weight is 289 g/mol. The van der Waals surface area contributed by atoms with Crippen molar-refractivity contribution in [2.24, 2.45) is 17.3 Å². The number of hydrogen-bond donors (Lipinski definition) is 0. The van der Waals surface area contributed by atoms with Gasteiger partial charge < -0.3 is 4.90 Å². The Bertz CT molecular complexity index is 572. The van der Waals surface area contributed by atoms with Crippen LogP contribution in [0.25, 0.3) is 0 Å². The van der Waals surface area contributed by atoms with Crippen LogP contribution in [0.5, 0.6) is 0 Å². The molecule has 1 amide bonds. The molecular formula is C18H24FNO. The van der Waals surface area contributed by atoms with E-state index in [4.69, 9.17) is 0 Å². The van der Waals surface area contributed by atoms with Gasteiger partial charge in [0.05, 0.1) is 5.92 Å². The van der Waals surface area contributed by atoms with Crippen molar-refractivity contribution in [3.05, 3.63) is 47.3 Å². The van der Waals surface area contributed by atoms with Crippen molar-refractivity contribution in [2.45, 2.75) is 34.2 Å². The van der Waals surface area contributed by atoms with E-state index in [0.29, 0.717) is 12.5 Å². The van der Waals surface area contributed by atoms with Crippen LogP contribution in [0.15, 0.2) is 35.9 Å². The first-order valence-electron chi connectivity index (χ1n) is 7.38. The summed E-state index contributed by atoms with van der Waals surface area (Å²) >= 11 is 0. The number of hydrogen-bond acceptors (Lipinski definition) is 1. The molecule has 1 aliphatic carbocycles. The van der Waals surface area contributed by atoms with Crippen molar-refractivity contribution in [1.82, 2.24) is 4.90 Å². The number of nitrogens with zero attached hydrogens (tertiary/aromatic N) is 1. The van der Waals surface area contributed by atoms with Crippen molar-refractivity contribution in [2.75, 3.05) is 7.05 Å². The second kappa shape index (κ2) is 5.63. The van der Waals surface area contributed by atoms with Gasteiger partial charge in [-0.2, -0.15) is 0 Å². The molecule has 1 aliphatic rings. The van der Waals surface area contributed by atoms with Gasteiger partial charge in [0.1, 0.15) is 5.82 Å². The number of carbonyl (C=O) groups is 1. The monoisotopic (exact) mass is 289 g/mol. The average Bonchev–Trinajstić information content (AvgIpc) is 2.88. The van der Waals surface area contributed by atoms with Crippen molar-refractivity contribution < 1.29 is 9.18 Å². The van der Waals surface area contributed by atoms with Gasteiger partial charge in [0.2, 0.25) is 5.91 Å². The minimum absolute atomic E-state index is 0.0184. The molecule has 2 rings (SSSR count). The lowest BCUT2D eigenvalue weighted by Gasteiger charge is -2.18. The zero-order valence-electron chi connectivity index (χ0n) is 13.5. The largest absolute Gasteiger partial charge is 0.341 e. The lowest BCUT2D eigenvalue weighted by atomic mass is 10.1. The molecule has 2 nitrogen and oxygen atoms in total. The fourth-order valence-corrected chi connectivity index (χ4v) is 3.04. The lowest BCUT2D eigenvalue weighted by molar-refractivity contribution is -0.132. The number of allylic oxidation sites excluding steroid dienone is 2. The van der Waals surface area contributed by atoms with E-state index in [1.807, 2.05) is 6.07 Å². The fraction of sp³-hybridized carbons (Fsp3) is 0.500. The standard InChI is InChI=1S/C18H24FNO/c1-12(2)9-15-16(18(15,3)4)17(21)20(5)11-13-7-6-8-14(19)10-13/h6-10,15-16H,11H2,1-5H3. The van der Waals surface area contributed by atoms with Gasteiger partial charge in [-0.05, 0) is 42.9 Å². The van der Waals surface area contributed by atoms with Crippen molar-refractivity contribution in [3.63, 3.8) is 0 Å². The van der Waals surface area contributed by atoms with Crippen LogP contribution in [0.3, 0.4) is 0 Å². The van der Waals surface area contributed by atoms with Gasteiger partial charge in [-0.25, -0.2) is 4.39 Å². The quantitative estimate of drug-likeness (QED) is 0.767. The van der Waals surface area contributed by atoms with Crippen LogP contribution >= 0.6 is 0 Å². The Labute approximate surface area is 126 Å². The Balaban J connectivity index is 2.05. The summed E-state index contributed by atoms with van der Waals surface area (Å²) in [5.41, 5.74) is 2.09. The Hall–Kier alpha value is -1.64. The number of benzene rings is 1. The number of carbonyl (C=O) groups excluding carboxylic acids is 1. The first-order valence-corrected chi connectivity index (χ1v) is 7.38. The van der Waals surface area contributed by atoms with Crippen LogP contribution in [0.1, 0.15) is 33.3 Å². The molecule has 0 bridgehead atoms. The highest BCUT2D eigenvalue weighted by Gasteiger charge is 2.60. The van der Waals surface area contributed by atoms with E-state index in [-0.39, 0.29) is 23.1 Å². The fourth-order valence-electron chi connectivity index (χ4n) is 3.04. The lowest BCUT2D eigenvalue weighted by Crippen LogP contribution is -2.29. The molecule has 0 radical (unpaired) electrons.